The molecule has 21 heteroatoms. The van der Waals surface area contributed by atoms with E-state index < -0.39 is 0 Å². The average molecular weight is 967 g/mol. The zero-order valence-electron chi connectivity index (χ0n) is 38.2. The zero-order chi connectivity index (χ0) is 47.3. The van der Waals surface area contributed by atoms with E-state index in [0.717, 1.165) is 67.7 Å². The molecule has 2 fully saturated rings. The number of anilines is 4. The normalized spacial score (nSPS) is 17.2. The molecule has 2 atom stereocenters. The minimum atomic E-state index is -0.345. The Bertz CT molecular complexity index is 3030. The number of allylic oxidation sites excluding steroid dienone is 3. The molecule has 1 aromatic carbocycles. The molecule has 6 aromatic heterocycles. The second kappa shape index (κ2) is 20.4. The predicted molar refractivity (Wildman–Crippen MR) is 267 cm³/mol. The van der Waals surface area contributed by atoms with Crippen molar-refractivity contribution >= 4 is 62.9 Å². The van der Waals surface area contributed by atoms with Crippen molar-refractivity contribution in [3.8, 4) is 38.6 Å². The lowest BCUT2D eigenvalue weighted by Crippen LogP contribution is -2.52. The van der Waals surface area contributed by atoms with Crippen molar-refractivity contribution in [3.63, 3.8) is 0 Å². The van der Waals surface area contributed by atoms with Crippen LogP contribution in [-0.2, 0) is 4.74 Å². The third-order valence-electron chi connectivity index (χ3n) is 12.0. The average Bonchev–Trinajstić information content (AvgIpc) is 4.25. The summed E-state index contributed by atoms with van der Waals surface area (Å²) in [6.07, 6.45) is 15.5. The Morgan fingerprint density at radius 3 is 2.06 bits per heavy atom. The lowest BCUT2D eigenvalue weighted by molar-refractivity contribution is 0.101. The number of amides is 2. The second-order valence-corrected chi connectivity index (χ2v) is 18.3. The molecule has 0 saturated carbocycles. The quantitative estimate of drug-likeness (QED) is 0.0891. The standard InChI is InChI=1S/C48H50N14O5S2/c1-30-5-4-6-42(44(30)62-19-12-34(58-62)48-56-37(29-69-48)45(63)53-35-24-50-13-9-39(35)59-20-15-49-16-21-59)67-27-31-26-60(22-17-52-31)40-10-14-51-25-36(40)54-46(64)38-28-68-47(55-38)33-11-18-61(57-33)32-7-8-41(65-2)43(23-32)66-3/h4,6-14,18-19,23-25,28-31,49,52H,5,15-17,20-22,26-27H2,1-3H3,(H,53,63)(H,54,64). The minimum absolute atomic E-state index is 0.0255. The van der Waals surface area contributed by atoms with Gasteiger partial charge in [-0.1, -0.05) is 13.0 Å². The fourth-order valence-electron chi connectivity index (χ4n) is 8.54. The summed E-state index contributed by atoms with van der Waals surface area (Å²) in [6.45, 7) is 8.06. The molecular weight excluding hydrogens is 917 g/mol. The number of carbonyl (C=O) groups is 2. The number of methoxy groups -OCH3 is 2. The number of pyridine rings is 2. The number of nitrogens with zero attached hydrogens (tertiary/aromatic N) is 10. The van der Waals surface area contributed by atoms with Gasteiger partial charge in [-0.15, -0.1) is 22.7 Å². The zero-order valence-corrected chi connectivity index (χ0v) is 39.8. The van der Waals surface area contributed by atoms with Crippen molar-refractivity contribution in [1.82, 2.24) is 50.1 Å². The molecule has 8 heterocycles. The first-order valence-electron chi connectivity index (χ1n) is 22.6. The van der Waals surface area contributed by atoms with E-state index in [0.29, 0.717) is 69.7 Å². The molecule has 2 unspecified atom stereocenters. The van der Waals surface area contributed by atoms with Crippen LogP contribution in [0, 0.1) is 5.92 Å². The van der Waals surface area contributed by atoms with Gasteiger partial charge in [0.1, 0.15) is 45.2 Å². The predicted octanol–water partition coefficient (Wildman–Crippen LogP) is 6.30. The Morgan fingerprint density at radius 2 is 1.39 bits per heavy atom. The number of ether oxygens (including phenoxy) is 3. The summed E-state index contributed by atoms with van der Waals surface area (Å²) in [5, 5.41) is 27.4. The largest absolute Gasteiger partial charge is 0.493 e. The smallest absolute Gasteiger partial charge is 0.275 e. The van der Waals surface area contributed by atoms with Crippen molar-refractivity contribution in [2.75, 3.05) is 87.1 Å². The van der Waals surface area contributed by atoms with Crippen LogP contribution in [0.2, 0.25) is 0 Å². The Kier molecular flexibility index (Phi) is 13.4. The number of carbonyl (C=O) groups excluding carboxylic acids is 2. The van der Waals surface area contributed by atoms with E-state index in [1.54, 1.807) is 54.4 Å². The highest BCUT2D eigenvalue weighted by Crippen LogP contribution is 2.34. The van der Waals surface area contributed by atoms with Gasteiger partial charge in [-0.2, -0.15) is 10.2 Å². The van der Waals surface area contributed by atoms with Crippen LogP contribution in [-0.4, -0.2) is 124 Å². The van der Waals surface area contributed by atoms with Crippen molar-refractivity contribution in [2.24, 2.45) is 5.92 Å². The first kappa shape index (κ1) is 45.3. The van der Waals surface area contributed by atoms with Gasteiger partial charge in [-0.25, -0.2) is 19.3 Å². The van der Waals surface area contributed by atoms with E-state index in [1.807, 2.05) is 65.6 Å². The van der Waals surface area contributed by atoms with Crippen LogP contribution < -0.4 is 40.5 Å². The summed E-state index contributed by atoms with van der Waals surface area (Å²) in [5.74, 6) is 1.44. The van der Waals surface area contributed by atoms with Crippen molar-refractivity contribution in [3.05, 3.63) is 120 Å². The molecule has 2 saturated heterocycles. The van der Waals surface area contributed by atoms with Crippen LogP contribution in [0.5, 0.6) is 11.5 Å². The van der Waals surface area contributed by atoms with Crippen LogP contribution in [0.1, 0.15) is 34.3 Å². The molecule has 2 aliphatic heterocycles. The Labute approximate surface area is 405 Å². The molecule has 3 aliphatic rings. The van der Waals surface area contributed by atoms with Gasteiger partial charge in [-0.05, 0) is 48.9 Å². The fourth-order valence-corrected chi connectivity index (χ4v) is 10.1. The number of rotatable bonds is 15. The molecule has 0 bridgehead atoms. The van der Waals surface area contributed by atoms with Crippen LogP contribution in [0.4, 0.5) is 22.7 Å². The molecule has 354 valence electrons. The van der Waals surface area contributed by atoms with Gasteiger partial charge in [0.05, 0.1) is 66.8 Å². The van der Waals surface area contributed by atoms with Gasteiger partial charge in [0, 0.05) is 93.3 Å². The third-order valence-corrected chi connectivity index (χ3v) is 13.8. The Balaban J connectivity index is 0.775. The van der Waals surface area contributed by atoms with E-state index in [9.17, 15) is 9.59 Å². The van der Waals surface area contributed by atoms with Crippen LogP contribution >= 0.6 is 22.7 Å². The van der Waals surface area contributed by atoms with E-state index in [1.165, 1.54) is 22.7 Å². The van der Waals surface area contributed by atoms with Gasteiger partial charge in [-0.3, -0.25) is 19.6 Å². The van der Waals surface area contributed by atoms with Gasteiger partial charge < -0.3 is 45.3 Å². The number of nitrogens with one attached hydrogen (secondary N) is 4. The molecule has 7 aromatic rings. The Morgan fingerprint density at radius 1 is 0.768 bits per heavy atom. The first-order chi connectivity index (χ1) is 33.8. The SMILES string of the molecule is COc1ccc(-n2ccc(-c3nc(C(=O)Nc4cnccc4N4CCNC(COC5=C(n6ccc(-c7nc(C(=O)Nc8cnccc8N8CCNCC8)cs7)n6)C(C)CC=C5)C4)cs3)n2)cc1OC. The van der Waals surface area contributed by atoms with Crippen molar-refractivity contribution < 1.29 is 23.8 Å². The number of hydrogen-bond donors (Lipinski definition) is 4. The van der Waals surface area contributed by atoms with E-state index >= 15 is 0 Å². The Hall–Kier alpha value is -7.46. The highest BCUT2D eigenvalue weighted by molar-refractivity contribution is 7.13. The van der Waals surface area contributed by atoms with Crippen LogP contribution in [0.15, 0.2) is 108 Å². The maximum atomic E-state index is 13.7. The highest BCUT2D eigenvalue weighted by Gasteiger charge is 2.27. The first-order valence-corrected chi connectivity index (χ1v) is 24.3. The van der Waals surface area contributed by atoms with Crippen LogP contribution in [0.25, 0.3) is 32.8 Å². The number of aromatic nitrogens is 8. The molecule has 19 nitrogen and oxygen atoms in total. The summed E-state index contributed by atoms with van der Waals surface area (Å²) >= 11 is 2.72. The summed E-state index contributed by atoms with van der Waals surface area (Å²) in [4.78, 5) is 49.5. The number of benzene rings is 1. The minimum Gasteiger partial charge on any atom is -0.493 e. The van der Waals surface area contributed by atoms with E-state index in [4.69, 9.17) is 24.4 Å². The lowest BCUT2D eigenvalue weighted by Gasteiger charge is -2.36. The van der Waals surface area contributed by atoms with Gasteiger partial charge >= 0.3 is 0 Å². The molecule has 10 rings (SSSR count). The third kappa shape index (κ3) is 9.93. The molecule has 4 N–H and O–H groups in total. The topological polar surface area (TPSA) is 204 Å². The monoisotopic (exact) mass is 966 g/mol. The molecule has 0 spiro atoms. The summed E-state index contributed by atoms with van der Waals surface area (Å²) in [5.41, 5.74) is 6.65. The molecule has 69 heavy (non-hydrogen) atoms. The molecular formula is C48H50N14O5S2. The molecule has 0 radical (unpaired) electrons. The van der Waals surface area contributed by atoms with Crippen LogP contribution in [0.3, 0.4) is 0 Å². The summed E-state index contributed by atoms with van der Waals surface area (Å²) in [7, 11) is 3.18. The second-order valence-electron chi connectivity index (χ2n) is 16.5. The van der Waals surface area contributed by atoms with Gasteiger partial charge in [0.25, 0.3) is 11.8 Å². The fraction of sp³-hybridized carbons (Fsp3) is 0.292. The lowest BCUT2D eigenvalue weighted by atomic mass is 9.98. The van der Waals surface area contributed by atoms with Gasteiger partial charge in [0.15, 0.2) is 11.5 Å². The van der Waals surface area contributed by atoms with Gasteiger partial charge in [0.2, 0.25) is 0 Å². The van der Waals surface area contributed by atoms with Crippen molar-refractivity contribution in [1.29, 1.82) is 0 Å². The summed E-state index contributed by atoms with van der Waals surface area (Å²) < 4.78 is 21.0. The number of thiazole rings is 2. The maximum Gasteiger partial charge on any atom is 0.275 e. The van der Waals surface area contributed by atoms with Crippen molar-refractivity contribution in [2.45, 2.75) is 19.4 Å². The van der Waals surface area contributed by atoms with E-state index in [2.05, 4.69) is 64.0 Å². The molecule has 2 amide bonds. The maximum absolute atomic E-state index is 13.7. The number of piperazine rings is 2. The van der Waals surface area contributed by atoms with E-state index in [-0.39, 0.29) is 29.5 Å². The highest BCUT2D eigenvalue weighted by atomic mass is 32.1. The molecule has 1 aliphatic carbocycles. The summed E-state index contributed by atoms with van der Waals surface area (Å²) in [6, 6.07) is 13.1. The number of hydrogen-bond acceptors (Lipinski definition) is 17.